The van der Waals surface area contributed by atoms with Crippen LogP contribution in [0.2, 0.25) is 0 Å². The highest BCUT2D eigenvalue weighted by molar-refractivity contribution is 6.00. The fourth-order valence-electron chi connectivity index (χ4n) is 2.53. The maximum Gasteiger partial charge on any atom is 0.190 e. The normalized spacial score (nSPS) is 19.9. The number of oxime groups is 1. The van der Waals surface area contributed by atoms with E-state index in [1.807, 2.05) is 12.1 Å². The van der Waals surface area contributed by atoms with E-state index in [0.717, 1.165) is 25.2 Å². The predicted octanol–water partition coefficient (Wildman–Crippen LogP) is 1.80. The molecule has 5 nitrogen and oxygen atoms in total. The van der Waals surface area contributed by atoms with Crippen molar-refractivity contribution in [3.63, 3.8) is 0 Å². The van der Waals surface area contributed by atoms with Crippen molar-refractivity contribution in [1.29, 1.82) is 0 Å². The summed E-state index contributed by atoms with van der Waals surface area (Å²) in [6, 6.07) is 3.85. The van der Waals surface area contributed by atoms with Crippen LogP contribution in [0.1, 0.15) is 32.4 Å². The third-order valence-electron chi connectivity index (χ3n) is 3.38. The standard InChI is InChI=1S/C13H20N4O/c1-13(2)6-4-8-17(9-13)10-5-3-7-15-11(10)12(14)16-18/h3,5,7,18H,4,6,8-9H2,1-2H3,(H2,14,16). The second kappa shape index (κ2) is 4.84. The maximum absolute atomic E-state index is 8.82. The van der Waals surface area contributed by atoms with Crippen molar-refractivity contribution in [2.75, 3.05) is 18.0 Å². The SMILES string of the molecule is CC1(C)CCCN(c2cccnc2/C(N)=N/O)C1. The Morgan fingerprint density at radius 1 is 1.56 bits per heavy atom. The van der Waals surface area contributed by atoms with Crippen molar-refractivity contribution < 1.29 is 5.21 Å². The van der Waals surface area contributed by atoms with Crippen molar-refractivity contribution >= 4 is 11.5 Å². The lowest BCUT2D eigenvalue weighted by Gasteiger charge is -2.39. The highest BCUT2D eigenvalue weighted by Crippen LogP contribution is 2.32. The monoisotopic (exact) mass is 248 g/mol. The molecule has 3 N–H and O–H groups in total. The lowest BCUT2D eigenvalue weighted by atomic mass is 9.84. The lowest BCUT2D eigenvalue weighted by Crippen LogP contribution is -2.41. The van der Waals surface area contributed by atoms with Crippen molar-refractivity contribution in [1.82, 2.24) is 4.98 Å². The molecule has 5 heteroatoms. The molecule has 1 fully saturated rings. The van der Waals surface area contributed by atoms with Crippen molar-refractivity contribution in [3.8, 4) is 0 Å². The molecule has 1 aromatic heterocycles. The van der Waals surface area contributed by atoms with Crippen LogP contribution in [0.5, 0.6) is 0 Å². The van der Waals surface area contributed by atoms with E-state index >= 15 is 0 Å². The zero-order valence-corrected chi connectivity index (χ0v) is 10.9. The molecule has 1 aliphatic rings. The van der Waals surface area contributed by atoms with Gasteiger partial charge in [0, 0.05) is 19.3 Å². The lowest BCUT2D eigenvalue weighted by molar-refractivity contribution is 0.293. The zero-order valence-electron chi connectivity index (χ0n) is 10.9. The molecule has 2 heterocycles. The smallest absolute Gasteiger partial charge is 0.190 e. The van der Waals surface area contributed by atoms with Crippen LogP contribution in [0.15, 0.2) is 23.5 Å². The maximum atomic E-state index is 8.82. The van der Waals surface area contributed by atoms with Crippen LogP contribution in [0.4, 0.5) is 5.69 Å². The third-order valence-corrected chi connectivity index (χ3v) is 3.38. The number of nitrogens with two attached hydrogens (primary N) is 1. The Morgan fingerprint density at radius 2 is 2.33 bits per heavy atom. The summed E-state index contributed by atoms with van der Waals surface area (Å²) in [5.74, 6) is 0.0639. The Labute approximate surface area is 107 Å². The quantitative estimate of drug-likeness (QED) is 0.362. The summed E-state index contributed by atoms with van der Waals surface area (Å²) >= 11 is 0. The molecule has 0 unspecified atom stereocenters. The summed E-state index contributed by atoms with van der Waals surface area (Å²) < 4.78 is 0. The molecular weight excluding hydrogens is 228 g/mol. The van der Waals surface area contributed by atoms with E-state index in [0.29, 0.717) is 5.69 Å². The number of nitrogens with zero attached hydrogens (tertiary/aromatic N) is 3. The second-order valence-electron chi connectivity index (χ2n) is 5.55. The van der Waals surface area contributed by atoms with Gasteiger partial charge in [0.2, 0.25) is 0 Å². The van der Waals surface area contributed by atoms with Gasteiger partial charge in [0.25, 0.3) is 0 Å². The zero-order chi connectivity index (χ0) is 13.2. The average molecular weight is 248 g/mol. The first-order chi connectivity index (χ1) is 8.53. The summed E-state index contributed by atoms with van der Waals surface area (Å²) in [6.45, 7) is 6.47. The molecule has 0 atom stereocenters. The predicted molar refractivity (Wildman–Crippen MR) is 72.0 cm³/mol. The number of amidine groups is 1. The Balaban J connectivity index is 2.33. The number of pyridine rings is 1. The van der Waals surface area contributed by atoms with Crippen LogP contribution in [0.25, 0.3) is 0 Å². The molecular formula is C13H20N4O. The summed E-state index contributed by atoms with van der Waals surface area (Å²) in [5, 5.41) is 11.9. The van der Waals surface area contributed by atoms with Crippen LogP contribution < -0.4 is 10.6 Å². The number of hydrogen-bond acceptors (Lipinski definition) is 4. The fourth-order valence-corrected chi connectivity index (χ4v) is 2.53. The van der Waals surface area contributed by atoms with Gasteiger partial charge in [-0.2, -0.15) is 0 Å². The molecule has 1 aromatic rings. The molecule has 0 amide bonds. The third kappa shape index (κ3) is 2.55. The summed E-state index contributed by atoms with van der Waals surface area (Å²) in [7, 11) is 0. The van der Waals surface area contributed by atoms with E-state index in [-0.39, 0.29) is 11.3 Å². The largest absolute Gasteiger partial charge is 0.409 e. The molecule has 18 heavy (non-hydrogen) atoms. The van der Waals surface area contributed by atoms with E-state index in [4.69, 9.17) is 10.9 Å². The minimum atomic E-state index is 0.0639. The minimum Gasteiger partial charge on any atom is -0.409 e. The van der Waals surface area contributed by atoms with E-state index in [1.165, 1.54) is 6.42 Å². The average Bonchev–Trinajstić information content (AvgIpc) is 2.36. The number of anilines is 1. The van der Waals surface area contributed by atoms with Crippen LogP contribution in [-0.4, -0.2) is 29.1 Å². The molecule has 0 spiro atoms. The van der Waals surface area contributed by atoms with Gasteiger partial charge >= 0.3 is 0 Å². The first-order valence-corrected chi connectivity index (χ1v) is 6.21. The Morgan fingerprint density at radius 3 is 3.00 bits per heavy atom. The van der Waals surface area contributed by atoms with E-state index < -0.39 is 0 Å². The highest BCUT2D eigenvalue weighted by atomic mass is 16.4. The van der Waals surface area contributed by atoms with Gasteiger partial charge in [0.15, 0.2) is 5.84 Å². The molecule has 2 rings (SSSR count). The summed E-state index contributed by atoms with van der Waals surface area (Å²) in [6.07, 6.45) is 4.03. The highest BCUT2D eigenvalue weighted by Gasteiger charge is 2.28. The van der Waals surface area contributed by atoms with Crippen molar-refractivity contribution in [3.05, 3.63) is 24.0 Å². The van der Waals surface area contributed by atoms with Gasteiger partial charge in [0.05, 0.1) is 5.69 Å². The molecule has 0 saturated carbocycles. The van der Waals surface area contributed by atoms with Gasteiger partial charge in [-0.05, 0) is 30.4 Å². The van der Waals surface area contributed by atoms with Crippen LogP contribution >= 0.6 is 0 Å². The van der Waals surface area contributed by atoms with Crippen LogP contribution in [0.3, 0.4) is 0 Å². The minimum absolute atomic E-state index is 0.0639. The van der Waals surface area contributed by atoms with Crippen molar-refractivity contribution in [2.45, 2.75) is 26.7 Å². The molecule has 1 aliphatic heterocycles. The number of piperidine rings is 1. The number of rotatable bonds is 2. The number of hydrogen-bond donors (Lipinski definition) is 2. The van der Waals surface area contributed by atoms with E-state index in [1.54, 1.807) is 6.20 Å². The number of aromatic nitrogens is 1. The van der Waals surface area contributed by atoms with E-state index in [9.17, 15) is 0 Å². The van der Waals surface area contributed by atoms with Gasteiger partial charge in [-0.1, -0.05) is 19.0 Å². The van der Waals surface area contributed by atoms with Gasteiger partial charge in [0.1, 0.15) is 5.69 Å². The van der Waals surface area contributed by atoms with Crippen molar-refractivity contribution in [2.24, 2.45) is 16.3 Å². The Kier molecular flexibility index (Phi) is 3.41. The first-order valence-electron chi connectivity index (χ1n) is 6.21. The van der Waals surface area contributed by atoms with Gasteiger partial charge in [-0.3, -0.25) is 4.98 Å². The molecule has 0 aromatic carbocycles. The first kappa shape index (κ1) is 12.7. The van der Waals surface area contributed by atoms with E-state index in [2.05, 4.69) is 28.9 Å². The van der Waals surface area contributed by atoms with Gasteiger partial charge in [-0.25, -0.2) is 0 Å². The van der Waals surface area contributed by atoms with Crippen LogP contribution in [-0.2, 0) is 0 Å². The summed E-state index contributed by atoms with van der Waals surface area (Å²) in [4.78, 5) is 6.48. The topological polar surface area (TPSA) is 74.7 Å². The van der Waals surface area contributed by atoms with Gasteiger partial charge < -0.3 is 15.8 Å². The Bertz CT molecular complexity index is 456. The molecule has 1 saturated heterocycles. The summed E-state index contributed by atoms with van der Waals surface area (Å²) in [5.41, 5.74) is 7.47. The Hall–Kier alpha value is -1.78. The van der Waals surface area contributed by atoms with Crippen LogP contribution in [0, 0.1) is 5.41 Å². The van der Waals surface area contributed by atoms with Gasteiger partial charge in [-0.15, -0.1) is 0 Å². The fraction of sp³-hybridized carbons (Fsp3) is 0.538. The molecule has 0 bridgehead atoms. The molecule has 98 valence electrons. The molecule has 0 aliphatic carbocycles. The molecule has 0 radical (unpaired) electrons. The second-order valence-corrected chi connectivity index (χ2v) is 5.55.